The summed E-state index contributed by atoms with van der Waals surface area (Å²) < 4.78 is 5.50. The molecule has 0 saturated carbocycles. The Hall–Kier alpha value is -1.18. The summed E-state index contributed by atoms with van der Waals surface area (Å²) in [7, 11) is 1.85. The first-order valence-electron chi connectivity index (χ1n) is 9.84. The first-order chi connectivity index (χ1) is 12.6. The molecular weight excluding hydrogens is 346 g/mol. The quantitative estimate of drug-likeness (QED) is 0.584. The van der Waals surface area contributed by atoms with Gasteiger partial charge >= 0.3 is 0 Å². The number of hydrogen-bond donors (Lipinski definition) is 2. The van der Waals surface area contributed by atoms with Gasteiger partial charge in [-0.15, -0.1) is 11.3 Å². The number of aromatic nitrogens is 1. The lowest BCUT2D eigenvalue weighted by molar-refractivity contribution is 0.150. The van der Waals surface area contributed by atoms with Gasteiger partial charge in [-0.05, 0) is 39.0 Å². The van der Waals surface area contributed by atoms with Crippen LogP contribution in [0.25, 0.3) is 0 Å². The van der Waals surface area contributed by atoms with Gasteiger partial charge in [0.05, 0.1) is 17.3 Å². The van der Waals surface area contributed by atoms with Crippen molar-refractivity contribution >= 4 is 17.3 Å². The van der Waals surface area contributed by atoms with Crippen LogP contribution in [0, 0.1) is 19.8 Å². The van der Waals surface area contributed by atoms with Crippen molar-refractivity contribution in [3.63, 3.8) is 0 Å². The molecule has 0 bridgehead atoms. The van der Waals surface area contributed by atoms with Gasteiger partial charge in [0.25, 0.3) is 0 Å². The van der Waals surface area contributed by atoms with Crippen molar-refractivity contribution in [2.45, 2.75) is 45.6 Å². The average Bonchev–Trinajstić information content (AvgIpc) is 3.25. The molecule has 0 aromatic carbocycles. The van der Waals surface area contributed by atoms with Crippen molar-refractivity contribution in [1.29, 1.82) is 0 Å². The molecular formula is C19H33N5OS. The second-order valence-corrected chi connectivity index (χ2v) is 8.73. The van der Waals surface area contributed by atoms with Gasteiger partial charge in [0.2, 0.25) is 0 Å². The lowest BCUT2D eigenvalue weighted by atomic mass is 10.0. The van der Waals surface area contributed by atoms with E-state index < -0.39 is 0 Å². The van der Waals surface area contributed by atoms with E-state index >= 15 is 0 Å². The zero-order chi connectivity index (χ0) is 18.4. The summed E-state index contributed by atoms with van der Waals surface area (Å²) >= 11 is 1.80. The predicted octanol–water partition coefficient (Wildman–Crippen LogP) is 1.97. The van der Waals surface area contributed by atoms with Crippen LogP contribution >= 0.6 is 11.3 Å². The Morgan fingerprint density at radius 2 is 2.12 bits per heavy atom. The van der Waals surface area contributed by atoms with Crippen LogP contribution < -0.4 is 10.6 Å². The molecule has 2 N–H and O–H groups in total. The van der Waals surface area contributed by atoms with Crippen molar-refractivity contribution in [3.8, 4) is 0 Å². The Labute approximate surface area is 161 Å². The van der Waals surface area contributed by atoms with Crippen LogP contribution in [0.5, 0.6) is 0 Å². The van der Waals surface area contributed by atoms with Gasteiger partial charge in [-0.25, -0.2) is 4.98 Å². The summed E-state index contributed by atoms with van der Waals surface area (Å²) in [5, 5.41) is 8.21. The SMILES string of the molecule is CN=C(NCCc1sc(C)nc1C)NC1CCN(CC2CCOC2)CC1. The third kappa shape index (κ3) is 5.66. The maximum Gasteiger partial charge on any atom is 0.191 e. The van der Waals surface area contributed by atoms with Gasteiger partial charge in [-0.3, -0.25) is 4.99 Å². The highest BCUT2D eigenvalue weighted by atomic mass is 32.1. The predicted molar refractivity (Wildman–Crippen MR) is 108 cm³/mol. The van der Waals surface area contributed by atoms with E-state index in [2.05, 4.69) is 39.4 Å². The lowest BCUT2D eigenvalue weighted by Gasteiger charge is -2.34. The number of guanidine groups is 1. The molecule has 0 radical (unpaired) electrons. The third-order valence-electron chi connectivity index (χ3n) is 5.34. The minimum absolute atomic E-state index is 0.518. The third-order valence-corrected chi connectivity index (χ3v) is 6.47. The van der Waals surface area contributed by atoms with Crippen molar-refractivity contribution in [1.82, 2.24) is 20.5 Å². The summed E-state index contributed by atoms with van der Waals surface area (Å²) in [5.41, 5.74) is 1.16. The number of nitrogens with one attached hydrogen (secondary N) is 2. The van der Waals surface area contributed by atoms with Crippen LogP contribution in [0.4, 0.5) is 0 Å². The van der Waals surface area contributed by atoms with Crippen LogP contribution in [0.2, 0.25) is 0 Å². The standard InChI is InChI=1S/C19H33N5OS/c1-14-18(26-15(2)22-14)4-8-21-19(20-3)23-17-5-9-24(10-6-17)12-16-7-11-25-13-16/h16-17H,4-13H2,1-3H3,(H2,20,21,23). The fourth-order valence-corrected chi connectivity index (χ4v) is 4.78. The molecule has 2 aliphatic rings. The molecule has 3 heterocycles. The van der Waals surface area contributed by atoms with E-state index in [9.17, 15) is 0 Å². The molecule has 0 aliphatic carbocycles. The van der Waals surface area contributed by atoms with E-state index in [1.807, 2.05) is 7.05 Å². The first kappa shape index (κ1) is 19.6. The summed E-state index contributed by atoms with van der Waals surface area (Å²) in [6, 6.07) is 0.518. The van der Waals surface area contributed by atoms with Crippen LogP contribution in [-0.4, -0.2) is 68.3 Å². The molecule has 1 atom stereocenters. The summed E-state index contributed by atoms with van der Waals surface area (Å²) in [5.74, 6) is 1.67. The fraction of sp³-hybridized carbons (Fsp3) is 0.789. The first-order valence-corrected chi connectivity index (χ1v) is 10.7. The van der Waals surface area contributed by atoms with Gasteiger partial charge < -0.3 is 20.3 Å². The van der Waals surface area contributed by atoms with E-state index in [1.54, 1.807) is 11.3 Å². The normalized spacial score (nSPS) is 22.7. The number of hydrogen-bond acceptors (Lipinski definition) is 5. The number of aryl methyl sites for hydroxylation is 2. The number of ether oxygens (including phenoxy) is 1. The molecule has 2 fully saturated rings. The molecule has 1 aromatic rings. The van der Waals surface area contributed by atoms with Crippen molar-refractivity contribution in [2.24, 2.45) is 10.9 Å². The van der Waals surface area contributed by atoms with Crippen molar-refractivity contribution in [3.05, 3.63) is 15.6 Å². The van der Waals surface area contributed by atoms with Crippen molar-refractivity contribution < 1.29 is 4.74 Å². The van der Waals surface area contributed by atoms with Gasteiger partial charge in [0.1, 0.15) is 0 Å². The number of nitrogens with zero attached hydrogens (tertiary/aromatic N) is 3. The minimum atomic E-state index is 0.518. The molecule has 6 nitrogen and oxygen atoms in total. The van der Waals surface area contributed by atoms with E-state index in [0.29, 0.717) is 6.04 Å². The van der Waals surface area contributed by atoms with Gasteiger partial charge in [0, 0.05) is 57.2 Å². The number of likely N-dealkylation sites (tertiary alicyclic amines) is 1. The van der Waals surface area contributed by atoms with E-state index in [-0.39, 0.29) is 0 Å². The second kappa shape index (κ2) is 9.67. The van der Waals surface area contributed by atoms with E-state index in [4.69, 9.17) is 4.74 Å². The fourth-order valence-electron chi connectivity index (χ4n) is 3.84. The highest BCUT2D eigenvalue weighted by Crippen LogP contribution is 2.18. The Balaban J connectivity index is 1.35. The second-order valence-electron chi connectivity index (χ2n) is 7.44. The monoisotopic (exact) mass is 379 g/mol. The van der Waals surface area contributed by atoms with Gasteiger partial charge in [-0.2, -0.15) is 0 Å². The largest absolute Gasteiger partial charge is 0.381 e. The molecule has 26 heavy (non-hydrogen) atoms. The average molecular weight is 380 g/mol. The zero-order valence-corrected chi connectivity index (χ0v) is 17.2. The highest BCUT2D eigenvalue weighted by molar-refractivity contribution is 7.11. The number of piperidine rings is 1. The van der Waals surface area contributed by atoms with Crippen LogP contribution in [0.1, 0.15) is 34.8 Å². The molecule has 2 aliphatic heterocycles. The molecule has 2 saturated heterocycles. The number of thiazole rings is 1. The van der Waals surface area contributed by atoms with Crippen molar-refractivity contribution in [2.75, 3.05) is 46.4 Å². The van der Waals surface area contributed by atoms with E-state index in [1.165, 1.54) is 43.8 Å². The number of rotatable bonds is 6. The molecule has 7 heteroatoms. The van der Waals surface area contributed by atoms with Crippen LogP contribution in [-0.2, 0) is 11.2 Å². The maximum atomic E-state index is 5.50. The minimum Gasteiger partial charge on any atom is -0.381 e. The Kier molecular flexibility index (Phi) is 7.28. The Morgan fingerprint density at radius 1 is 1.31 bits per heavy atom. The smallest absolute Gasteiger partial charge is 0.191 e. The maximum absolute atomic E-state index is 5.50. The van der Waals surface area contributed by atoms with E-state index in [0.717, 1.165) is 48.8 Å². The van der Waals surface area contributed by atoms with Gasteiger partial charge in [-0.1, -0.05) is 0 Å². The number of aliphatic imine (C=N–C) groups is 1. The summed E-state index contributed by atoms with van der Waals surface area (Å²) in [6.07, 6.45) is 4.59. The summed E-state index contributed by atoms with van der Waals surface area (Å²) in [6.45, 7) is 10.5. The summed E-state index contributed by atoms with van der Waals surface area (Å²) in [4.78, 5) is 12.9. The van der Waals surface area contributed by atoms with Gasteiger partial charge in [0.15, 0.2) is 5.96 Å². The molecule has 0 amide bonds. The Bertz CT molecular complexity index is 589. The molecule has 0 spiro atoms. The topological polar surface area (TPSA) is 61.8 Å². The zero-order valence-electron chi connectivity index (χ0n) is 16.4. The molecule has 1 unspecified atom stereocenters. The Morgan fingerprint density at radius 3 is 2.73 bits per heavy atom. The van der Waals surface area contributed by atoms with Crippen LogP contribution in [0.15, 0.2) is 4.99 Å². The van der Waals surface area contributed by atoms with Crippen LogP contribution in [0.3, 0.4) is 0 Å². The highest BCUT2D eigenvalue weighted by Gasteiger charge is 2.24. The molecule has 1 aromatic heterocycles. The molecule has 146 valence electrons. The lowest BCUT2D eigenvalue weighted by Crippen LogP contribution is -2.49. The molecule has 3 rings (SSSR count).